The first-order valence-corrected chi connectivity index (χ1v) is 17.4. The summed E-state index contributed by atoms with van der Waals surface area (Å²) in [5, 5.41) is 15.5. The fourth-order valence-electron chi connectivity index (χ4n) is 7.07. The van der Waals surface area contributed by atoms with Crippen LogP contribution in [0.2, 0.25) is 5.82 Å². The van der Waals surface area contributed by atoms with Crippen LogP contribution in [0.15, 0.2) is 30.5 Å². The summed E-state index contributed by atoms with van der Waals surface area (Å²) in [6.45, 7) is 13.5. The van der Waals surface area contributed by atoms with Crippen molar-refractivity contribution in [2.75, 3.05) is 25.9 Å². The maximum absolute atomic E-state index is 16.4. The molecule has 1 aliphatic rings. The lowest BCUT2D eigenvalue weighted by Crippen LogP contribution is -2.65. The zero-order valence-corrected chi connectivity index (χ0v) is 30.7. The Hall–Kier alpha value is -3.47. The zero-order chi connectivity index (χ0) is 36.6. The Morgan fingerprint density at radius 3 is 2.59 bits per heavy atom. The number of terminal acetylenes is 1. The van der Waals surface area contributed by atoms with Crippen LogP contribution in [0, 0.1) is 24.4 Å². The number of nitrogens with one attached hydrogen (secondary N) is 2. The summed E-state index contributed by atoms with van der Waals surface area (Å²) in [4.78, 5) is 27.1. The Kier molecular flexibility index (Phi) is 13.8. The van der Waals surface area contributed by atoms with Crippen molar-refractivity contribution in [3.63, 3.8) is 0 Å². The summed E-state index contributed by atoms with van der Waals surface area (Å²) in [7, 11) is 3.39. The minimum absolute atomic E-state index is 0.00115. The van der Waals surface area contributed by atoms with Gasteiger partial charge in [0, 0.05) is 49.8 Å². The number of Topliss-reactive ketones (excluding diaryl/α,β-unsaturated/α-hetero) is 1. The molecule has 1 aliphatic heterocycles. The number of alkyl halides is 1. The van der Waals surface area contributed by atoms with Crippen LogP contribution in [0.4, 0.5) is 10.1 Å². The number of aromatic nitrogens is 3. The summed E-state index contributed by atoms with van der Waals surface area (Å²) >= 11 is 0. The van der Waals surface area contributed by atoms with Gasteiger partial charge in [-0.15, -0.1) is 5.10 Å². The van der Waals surface area contributed by atoms with Gasteiger partial charge in [-0.1, -0.05) is 37.6 Å². The Morgan fingerprint density at radius 1 is 1.24 bits per heavy atom. The van der Waals surface area contributed by atoms with Crippen LogP contribution >= 0.6 is 0 Å². The van der Waals surface area contributed by atoms with Gasteiger partial charge in [-0.25, -0.2) is 4.39 Å². The molecule has 0 aliphatic carbocycles. The molecule has 4 N–H and O–H groups in total. The molecule has 0 saturated carbocycles. The van der Waals surface area contributed by atoms with Crippen molar-refractivity contribution in [1.29, 1.82) is 0 Å². The highest BCUT2D eigenvalue weighted by Crippen LogP contribution is 2.40. The number of nitrogen functional groups attached to an aromatic ring is 1. The predicted molar refractivity (Wildman–Crippen MR) is 192 cm³/mol. The summed E-state index contributed by atoms with van der Waals surface area (Å²) in [5.41, 5.74) is 4.31. The second-order valence-electron chi connectivity index (χ2n) is 14.3. The summed E-state index contributed by atoms with van der Waals surface area (Å²) in [6, 6.07) is 6.60. The average molecular weight is 683 g/mol. The third kappa shape index (κ3) is 9.83. The van der Waals surface area contributed by atoms with Gasteiger partial charge in [-0.2, -0.15) is 0 Å². The van der Waals surface area contributed by atoms with Crippen LogP contribution in [-0.2, 0) is 30.3 Å². The first kappa shape index (κ1) is 40.0. The fraction of sp³-hybridized carbons (Fsp3) is 0.667. The number of cyclic esters (lactones) is 1. The molecule has 49 heavy (non-hydrogen) atoms. The number of hydrogen-bond acceptors (Lipinski definition) is 10. The van der Waals surface area contributed by atoms with E-state index in [2.05, 4.69) is 27.1 Å². The number of nitrogens with two attached hydrogens (primary N) is 1. The molecule has 270 valence electrons. The van der Waals surface area contributed by atoms with E-state index in [0.29, 0.717) is 25.2 Å². The number of halogens is 1. The first-order chi connectivity index (χ1) is 23.0. The van der Waals surface area contributed by atoms with Crippen molar-refractivity contribution in [3.8, 4) is 23.8 Å². The average Bonchev–Trinajstić information content (AvgIpc) is 3.54. The lowest BCUT2D eigenvalue weighted by atomic mass is 9.62. The smallest absolute Gasteiger partial charge is 0.316 e. The standard InChI is InChI=1S/C36H56BFN6O5/c1-10-29-36(8,48-11-2)32(40-17-12-13-18-44-20-28(42-43-44)26-15-14-16-27(39)19-26)25(5)41-22-34(6,38)21-35(7,47-9)31(37)23(3)30(45)24(4)33(46)49-29/h2,14-16,19-20,23-25,29,31-32,40-41H,10,12-13,17-18,21-22,37,39H2,1,3-9H3/t23-,24+,25+,29+,31+,32+,34?,35+,36+/m0/s1. The number of ketones is 1. The second kappa shape index (κ2) is 17.0. The number of anilines is 1. The van der Waals surface area contributed by atoms with Crippen molar-refractivity contribution in [1.82, 2.24) is 25.6 Å². The summed E-state index contributed by atoms with van der Waals surface area (Å²) in [6.07, 6.45) is 11.1. The van der Waals surface area contributed by atoms with E-state index in [0.717, 1.165) is 24.1 Å². The maximum Gasteiger partial charge on any atom is 0.316 e. The number of benzene rings is 1. The molecule has 1 unspecified atom stereocenters. The Balaban J connectivity index is 1.85. The van der Waals surface area contributed by atoms with E-state index in [1.807, 2.05) is 59.1 Å². The molecule has 0 spiro atoms. The van der Waals surface area contributed by atoms with Crippen molar-refractivity contribution in [3.05, 3.63) is 30.5 Å². The zero-order valence-electron chi connectivity index (χ0n) is 30.7. The number of methoxy groups -OCH3 is 1. The Bertz CT molecular complexity index is 1450. The first-order valence-electron chi connectivity index (χ1n) is 17.4. The Labute approximate surface area is 292 Å². The minimum Gasteiger partial charge on any atom is -0.457 e. The van der Waals surface area contributed by atoms with E-state index in [1.165, 1.54) is 14.0 Å². The molecule has 2 heterocycles. The van der Waals surface area contributed by atoms with Gasteiger partial charge in [0.05, 0.1) is 17.8 Å². The van der Waals surface area contributed by atoms with E-state index < -0.39 is 46.8 Å². The molecule has 13 heteroatoms. The van der Waals surface area contributed by atoms with Crippen LogP contribution in [0.25, 0.3) is 11.3 Å². The van der Waals surface area contributed by atoms with Crippen molar-refractivity contribution < 1.29 is 28.2 Å². The number of esters is 1. The van der Waals surface area contributed by atoms with Crippen molar-refractivity contribution >= 4 is 25.3 Å². The van der Waals surface area contributed by atoms with Gasteiger partial charge in [0.15, 0.2) is 5.60 Å². The van der Waals surface area contributed by atoms with Crippen LogP contribution < -0.4 is 16.4 Å². The van der Waals surface area contributed by atoms with E-state index in [4.69, 9.17) is 26.4 Å². The van der Waals surface area contributed by atoms with Gasteiger partial charge in [0.2, 0.25) is 0 Å². The number of carbonyl (C=O) groups excluding carboxylic acids is 2. The van der Waals surface area contributed by atoms with Gasteiger partial charge in [-0.3, -0.25) is 14.3 Å². The maximum atomic E-state index is 16.4. The number of carbonyl (C=O) groups is 2. The second-order valence-corrected chi connectivity index (χ2v) is 14.3. The number of unbranched alkanes of at least 4 members (excludes halogenated alkanes) is 1. The summed E-state index contributed by atoms with van der Waals surface area (Å²) < 4.78 is 36.1. The molecule has 0 amide bonds. The highest BCUT2D eigenvalue weighted by atomic mass is 19.1. The largest absolute Gasteiger partial charge is 0.457 e. The lowest BCUT2D eigenvalue weighted by Gasteiger charge is -2.44. The molecular formula is C36H56BFN6O5. The molecule has 1 aromatic heterocycles. The van der Waals surface area contributed by atoms with E-state index >= 15 is 4.39 Å². The van der Waals surface area contributed by atoms with Gasteiger partial charge in [-0.05, 0) is 78.4 Å². The van der Waals surface area contributed by atoms with Gasteiger partial charge in [0.1, 0.15) is 43.1 Å². The third-order valence-corrected chi connectivity index (χ3v) is 10.5. The topological polar surface area (TPSA) is 143 Å². The predicted octanol–water partition coefficient (Wildman–Crippen LogP) is 3.73. The number of ether oxygens (including phenoxy) is 3. The van der Waals surface area contributed by atoms with E-state index in [9.17, 15) is 9.59 Å². The number of nitrogens with zero attached hydrogens (tertiary/aromatic N) is 3. The molecule has 0 bridgehead atoms. The molecular weight excluding hydrogens is 626 g/mol. The fourth-order valence-corrected chi connectivity index (χ4v) is 7.07. The van der Waals surface area contributed by atoms with Crippen molar-refractivity contribution in [2.45, 2.75) is 122 Å². The van der Waals surface area contributed by atoms with Crippen molar-refractivity contribution in [2.24, 2.45) is 11.8 Å². The van der Waals surface area contributed by atoms with Gasteiger partial charge >= 0.3 is 5.97 Å². The Morgan fingerprint density at radius 2 is 1.96 bits per heavy atom. The number of aryl methyl sites for hydroxylation is 1. The molecule has 1 saturated heterocycles. The van der Waals surface area contributed by atoms with Gasteiger partial charge < -0.3 is 30.6 Å². The minimum atomic E-state index is -1.70. The SMILES string of the molecule is B[C@@H]1[C@@H](C)C(=O)[C@@H](C)C(=O)O[C@H](CC)[C@@](C)(OC#C)[C@H](NCCCCn2cc(-c3cccc(N)c3)nn2)[C@@H](C)NCC(C)(F)C[C@@]1(C)OC. The lowest BCUT2D eigenvalue weighted by molar-refractivity contribution is -0.173. The van der Waals surface area contributed by atoms with E-state index in [1.54, 1.807) is 25.5 Å². The molecule has 11 nitrogen and oxygen atoms in total. The molecule has 0 radical (unpaired) electrons. The monoisotopic (exact) mass is 682 g/mol. The molecule has 2 aromatic rings. The van der Waals surface area contributed by atoms with Gasteiger partial charge in [0.25, 0.3) is 0 Å². The normalized spacial score (nSPS) is 33.6. The highest BCUT2D eigenvalue weighted by molar-refractivity contribution is 6.15. The van der Waals surface area contributed by atoms with Crippen LogP contribution in [0.5, 0.6) is 0 Å². The summed E-state index contributed by atoms with van der Waals surface area (Å²) in [5.74, 6) is -2.98. The van der Waals surface area contributed by atoms with Crippen LogP contribution in [0.1, 0.15) is 74.1 Å². The molecule has 1 aromatic carbocycles. The van der Waals surface area contributed by atoms with Crippen LogP contribution in [0.3, 0.4) is 0 Å². The van der Waals surface area contributed by atoms with E-state index in [-0.39, 0.29) is 30.6 Å². The third-order valence-electron chi connectivity index (χ3n) is 10.5. The molecule has 1 fully saturated rings. The number of hydrogen-bond donors (Lipinski definition) is 3. The molecule has 9 atom stereocenters. The molecule has 3 rings (SSSR count). The number of rotatable bonds is 10. The van der Waals surface area contributed by atoms with Crippen LogP contribution in [-0.4, -0.2) is 89.9 Å². The quantitative estimate of drug-likeness (QED) is 0.0848. The highest BCUT2D eigenvalue weighted by Gasteiger charge is 2.50.